The first-order chi connectivity index (χ1) is 8.97. The Hall–Kier alpha value is -1.33. The minimum absolute atomic E-state index is 0.179. The van der Waals surface area contributed by atoms with E-state index in [4.69, 9.17) is 4.74 Å². The fourth-order valence-electron chi connectivity index (χ4n) is 1.74. The second-order valence-corrected chi connectivity index (χ2v) is 5.72. The normalized spacial score (nSPS) is 11.6. The molecule has 0 fully saturated rings. The standard InChI is InChI=1S/C14H18BrN3O/c1-14(2,16-3)13-17-8-11(18-13)9-5-6-12(19-4)10(15)7-9/h5-8,16H,1-4H3,(H,17,18). The van der Waals surface area contributed by atoms with Gasteiger partial charge >= 0.3 is 0 Å². The third-order valence-corrected chi connectivity index (χ3v) is 3.88. The molecule has 0 amide bonds. The number of rotatable bonds is 4. The Morgan fingerprint density at radius 1 is 1.37 bits per heavy atom. The lowest BCUT2D eigenvalue weighted by molar-refractivity contribution is 0.412. The maximum atomic E-state index is 5.23. The molecule has 2 N–H and O–H groups in total. The molecular formula is C14H18BrN3O. The van der Waals surface area contributed by atoms with Crippen molar-refractivity contribution < 1.29 is 4.74 Å². The number of aromatic nitrogens is 2. The number of nitrogens with one attached hydrogen (secondary N) is 2. The molecule has 102 valence electrons. The number of nitrogens with zero attached hydrogens (tertiary/aromatic N) is 1. The number of ether oxygens (including phenoxy) is 1. The molecular weight excluding hydrogens is 306 g/mol. The third-order valence-electron chi connectivity index (χ3n) is 3.26. The molecule has 0 aliphatic carbocycles. The SMILES string of the molecule is CNC(C)(C)c1ncc(-c2ccc(OC)c(Br)c2)[nH]1. The second kappa shape index (κ2) is 5.35. The molecule has 2 rings (SSSR count). The van der Waals surface area contributed by atoms with Gasteiger partial charge in [0, 0.05) is 5.56 Å². The van der Waals surface area contributed by atoms with Crippen molar-refractivity contribution >= 4 is 15.9 Å². The zero-order chi connectivity index (χ0) is 14.0. The lowest BCUT2D eigenvalue weighted by Crippen LogP contribution is -2.34. The Bertz CT molecular complexity index is 578. The lowest BCUT2D eigenvalue weighted by atomic mass is 10.1. The van der Waals surface area contributed by atoms with E-state index in [1.165, 1.54) is 0 Å². The third kappa shape index (κ3) is 2.82. The van der Waals surface area contributed by atoms with Crippen molar-refractivity contribution in [1.29, 1.82) is 0 Å². The highest BCUT2D eigenvalue weighted by molar-refractivity contribution is 9.10. The smallest absolute Gasteiger partial charge is 0.133 e. The fourth-order valence-corrected chi connectivity index (χ4v) is 2.28. The molecule has 0 bridgehead atoms. The Balaban J connectivity index is 2.36. The zero-order valence-electron chi connectivity index (χ0n) is 11.5. The van der Waals surface area contributed by atoms with Crippen LogP contribution in [-0.2, 0) is 5.54 Å². The Labute approximate surface area is 121 Å². The van der Waals surface area contributed by atoms with Crippen LogP contribution in [0.5, 0.6) is 5.75 Å². The number of halogens is 1. The molecule has 0 unspecified atom stereocenters. The van der Waals surface area contributed by atoms with Gasteiger partial charge in [-0.15, -0.1) is 0 Å². The van der Waals surface area contributed by atoms with Crippen molar-refractivity contribution in [2.45, 2.75) is 19.4 Å². The topological polar surface area (TPSA) is 49.9 Å². The van der Waals surface area contributed by atoms with Crippen LogP contribution >= 0.6 is 15.9 Å². The van der Waals surface area contributed by atoms with Crippen LogP contribution in [0, 0.1) is 0 Å². The first-order valence-electron chi connectivity index (χ1n) is 6.06. The predicted molar refractivity (Wildman–Crippen MR) is 80.4 cm³/mol. The Morgan fingerprint density at radius 2 is 2.11 bits per heavy atom. The van der Waals surface area contributed by atoms with E-state index in [9.17, 15) is 0 Å². The van der Waals surface area contributed by atoms with E-state index in [1.54, 1.807) is 7.11 Å². The number of methoxy groups -OCH3 is 1. The molecule has 0 saturated heterocycles. The number of aromatic amines is 1. The first kappa shape index (κ1) is 14.1. The summed E-state index contributed by atoms with van der Waals surface area (Å²) in [6.07, 6.45) is 1.85. The summed E-state index contributed by atoms with van der Waals surface area (Å²) in [5, 5.41) is 3.23. The van der Waals surface area contributed by atoms with Crippen LogP contribution in [0.1, 0.15) is 19.7 Å². The summed E-state index contributed by atoms with van der Waals surface area (Å²) >= 11 is 3.49. The van der Waals surface area contributed by atoms with Gasteiger partial charge in [-0.3, -0.25) is 0 Å². The molecule has 0 saturated carbocycles. The molecule has 0 spiro atoms. The number of hydrogen-bond donors (Lipinski definition) is 2. The van der Waals surface area contributed by atoms with Crippen LogP contribution in [0.2, 0.25) is 0 Å². The number of imidazole rings is 1. The van der Waals surface area contributed by atoms with Gasteiger partial charge in [0.15, 0.2) is 0 Å². The Kier molecular flexibility index (Phi) is 3.96. The van der Waals surface area contributed by atoms with Crippen molar-refractivity contribution in [3.05, 3.63) is 34.7 Å². The Morgan fingerprint density at radius 3 is 2.68 bits per heavy atom. The van der Waals surface area contributed by atoms with Gasteiger partial charge < -0.3 is 15.0 Å². The average Bonchev–Trinajstić information content (AvgIpc) is 2.89. The highest BCUT2D eigenvalue weighted by Crippen LogP contribution is 2.30. The van der Waals surface area contributed by atoms with Crippen LogP contribution in [0.25, 0.3) is 11.3 Å². The van der Waals surface area contributed by atoms with Crippen LogP contribution in [0.15, 0.2) is 28.9 Å². The van der Waals surface area contributed by atoms with Gasteiger partial charge in [0.25, 0.3) is 0 Å². The van der Waals surface area contributed by atoms with E-state index in [0.29, 0.717) is 0 Å². The van der Waals surface area contributed by atoms with Gasteiger partial charge in [0.2, 0.25) is 0 Å². The van der Waals surface area contributed by atoms with Crippen molar-refractivity contribution in [2.24, 2.45) is 0 Å². The number of benzene rings is 1. The van der Waals surface area contributed by atoms with Gasteiger partial charge in [-0.25, -0.2) is 4.98 Å². The summed E-state index contributed by atoms with van der Waals surface area (Å²) in [7, 11) is 3.58. The molecule has 1 aromatic heterocycles. The minimum Gasteiger partial charge on any atom is -0.496 e. The van der Waals surface area contributed by atoms with E-state index in [-0.39, 0.29) is 5.54 Å². The summed E-state index contributed by atoms with van der Waals surface area (Å²) in [4.78, 5) is 7.79. The second-order valence-electron chi connectivity index (χ2n) is 4.87. The van der Waals surface area contributed by atoms with Gasteiger partial charge in [0.05, 0.1) is 29.0 Å². The summed E-state index contributed by atoms with van der Waals surface area (Å²) in [5.41, 5.74) is 1.88. The molecule has 0 atom stereocenters. The maximum absolute atomic E-state index is 5.23. The van der Waals surface area contributed by atoms with Gasteiger partial charge in [0.1, 0.15) is 11.6 Å². The summed E-state index contributed by atoms with van der Waals surface area (Å²) in [6.45, 7) is 4.17. The molecule has 1 heterocycles. The van der Waals surface area contributed by atoms with Gasteiger partial charge in [-0.1, -0.05) is 0 Å². The minimum atomic E-state index is -0.179. The van der Waals surface area contributed by atoms with E-state index in [2.05, 4.69) is 45.1 Å². The van der Waals surface area contributed by atoms with Crippen molar-refractivity contribution in [3.63, 3.8) is 0 Å². The van der Waals surface area contributed by atoms with Gasteiger partial charge in [-0.05, 0) is 55.0 Å². The van der Waals surface area contributed by atoms with Crippen LogP contribution in [-0.4, -0.2) is 24.1 Å². The number of hydrogen-bond acceptors (Lipinski definition) is 3. The molecule has 2 aromatic rings. The van der Waals surface area contributed by atoms with Crippen LogP contribution < -0.4 is 10.1 Å². The van der Waals surface area contributed by atoms with Gasteiger partial charge in [-0.2, -0.15) is 0 Å². The van der Waals surface area contributed by atoms with E-state index in [1.807, 2.05) is 31.4 Å². The average molecular weight is 324 g/mol. The van der Waals surface area contributed by atoms with Crippen LogP contribution in [0.4, 0.5) is 0 Å². The quantitative estimate of drug-likeness (QED) is 0.907. The maximum Gasteiger partial charge on any atom is 0.133 e. The highest BCUT2D eigenvalue weighted by Gasteiger charge is 2.21. The molecule has 5 heteroatoms. The first-order valence-corrected chi connectivity index (χ1v) is 6.85. The summed E-state index contributed by atoms with van der Waals surface area (Å²) < 4.78 is 6.16. The van der Waals surface area contributed by atoms with E-state index in [0.717, 1.165) is 27.3 Å². The highest BCUT2D eigenvalue weighted by atomic mass is 79.9. The molecule has 4 nitrogen and oxygen atoms in total. The van der Waals surface area contributed by atoms with Crippen molar-refractivity contribution in [1.82, 2.24) is 15.3 Å². The van der Waals surface area contributed by atoms with Crippen LogP contribution in [0.3, 0.4) is 0 Å². The van der Waals surface area contributed by atoms with Crippen molar-refractivity contribution in [3.8, 4) is 17.0 Å². The summed E-state index contributed by atoms with van der Waals surface area (Å²) in [6, 6.07) is 5.96. The monoisotopic (exact) mass is 323 g/mol. The number of H-pyrrole nitrogens is 1. The zero-order valence-corrected chi connectivity index (χ0v) is 13.1. The lowest BCUT2D eigenvalue weighted by Gasteiger charge is -2.20. The molecule has 19 heavy (non-hydrogen) atoms. The molecule has 1 aromatic carbocycles. The largest absolute Gasteiger partial charge is 0.496 e. The molecule has 0 aliphatic heterocycles. The fraction of sp³-hybridized carbons (Fsp3) is 0.357. The predicted octanol–water partition coefficient (Wildman–Crippen LogP) is 3.30. The molecule has 0 radical (unpaired) electrons. The molecule has 0 aliphatic rings. The van der Waals surface area contributed by atoms with E-state index >= 15 is 0 Å². The van der Waals surface area contributed by atoms with Crippen molar-refractivity contribution in [2.75, 3.05) is 14.2 Å². The summed E-state index contributed by atoms with van der Waals surface area (Å²) in [5.74, 6) is 1.73. The van der Waals surface area contributed by atoms with E-state index < -0.39 is 0 Å².